The van der Waals surface area contributed by atoms with Gasteiger partial charge in [0.15, 0.2) is 5.75 Å². The van der Waals surface area contributed by atoms with Crippen LogP contribution in [-0.4, -0.2) is 26.2 Å². The average molecular weight is 263 g/mol. The summed E-state index contributed by atoms with van der Waals surface area (Å²) in [5.74, 6) is 1.02. The molecule has 2 aromatic rings. The molecule has 0 bridgehead atoms. The van der Waals surface area contributed by atoms with Crippen LogP contribution in [0.15, 0.2) is 24.5 Å². The van der Waals surface area contributed by atoms with E-state index in [0.29, 0.717) is 18.1 Å². The van der Waals surface area contributed by atoms with E-state index >= 15 is 0 Å². The van der Waals surface area contributed by atoms with Crippen molar-refractivity contribution in [1.82, 2.24) is 14.8 Å². The molecule has 0 amide bonds. The highest BCUT2D eigenvalue weighted by molar-refractivity contribution is 5.48. The van der Waals surface area contributed by atoms with Gasteiger partial charge in [-0.05, 0) is 6.92 Å². The number of aromatic nitrogens is 3. The van der Waals surface area contributed by atoms with Crippen molar-refractivity contribution in [3.63, 3.8) is 0 Å². The number of ether oxygens (including phenoxy) is 1. The van der Waals surface area contributed by atoms with Crippen LogP contribution < -0.4 is 10.1 Å². The van der Waals surface area contributed by atoms with Gasteiger partial charge >= 0.3 is 0 Å². The van der Waals surface area contributed by atoms with E-state index in [9.17, 15) is 10.1 Å². The number of hydrogen-bond acceptors (Lipinski definition) is 6. The second-order valence-corrected chi connectivity index (χ2v) is 3.79. The van der Waals surface area contributed by atoms with E-state index in [4.69, 9.17) is 4.74 Å². The summed E-state index contributed by atoms with van der Waals surface area (Å²) in [6, 6.07) is 2.63. The van der Waals surface area contributed by atoms with Crippen molar-refractivity contribution in [3.05, 3.63) is 34.6 Å². The fraction of sp³-hybridized carbons (Fsp3) is 0.273. The number of pyridine rings is 1. The van der Waals surface area contributed by atoms with E-state index in [1.54, 1.807) is 17.9 Å². The van der Waals surface area contributed by atoms with Crippen molar-refractivity contribution in [2.24, 2.45) is 7.05 Å². The minimum atomic E-state index is -0.487. The van der Waals surface area contributed by atoms with E-state index in [-0.39, 0.29) is 11.6 Å². The lowest BCUT2D eigenvalue weighted by Crippen LogP contribution is -2.01. The molecule has 0 aliphatic carbocycles. The van der Waals surface area contributed by atoms with Crippen LogP contribution in [0.1, 0.15) is 6.92 Å². The summed E-state index contributed by atoms with van der Waals surface area (Å²) < 4.78 is 7.01. The molecule has 0 aliphatic heterocycles. The van der Waals surface area contributed by atoms with Crippen LogP contribution in [0, 0.1) is 10.1 Å². The predicted molar refractivity (Wildman–Crippen MR) is 68.3 cm³/mol. The molecule has 0 unspecified atom stereocenters. The Morgan fingerprint density at radius 3 is 2.89 bits per heavy atom. The third-order valence-corrected chi connectivity index (χ3v) is 2.26. The maximum absolute atomic E-state index is 10.8. The monoisotopic (exact) mass is 263 g/mol. The van der Waals surface area contributed by atoms with Gasteiger partial charge in [0.2, 0.25) is 5.88 Å². The molecule has 0 radical (unpaired) electrons. The number of anilines is 1. The van der Waals surface area contributed by atoms with E-state index in [1.165, 1.54) is 18.3 Å². The van der Waals surface area contributed by atoms with Crippen LogP contribution >= 0.6 is 0 Å². The fourth-order valence-corrected chi connectivity index (χ4v) is 1.49. The van der Waals surface area contributed by atoms with Crippen molar-refractivity contribution in [2.45, 2.75) is 6.92 Å². The van der Waals surface area contributed by atoms with E-state index < -0.39 is 4.92 Å². The Balaban J connectivity index is 2.30. The SMILES string of the molecule is CCNc1cc([N+](=O)[O-])cc(Oc2cnn(C)c2)n1. The fourth-order valence-electron chi connectivity index (χ4n) is 1.49. The van der Waals surface area contributed by atoms with Crippen molar-refractivity contribution >= 4 is 11.5 Å². The van der Waals surface area contributed by atoms with Gasteiger partial charge < -0.3 is 10.1 Å². The lowest BCUT2D eigenvalue weighted by molar-refractivity contribution is -0.384. The van der Waals surface area contributed by atoms with Crippen LogP contribution in [0.4, 0.5) is 11.5 Å². The van der Waals surface area contributed by atoms with Gasteiger partial charge in [0.25, 0.3) is 5.69 Å². The zero-order chi connectivity index (χ0) is 13.8. The summed E-state index contributed by atoms with van der Waals surface area (Å²) in [5.41, 5.74) is -0.0789. The summed E-state index contributed by atoms with van der Waals surface area (Å²) in [4.78, 5) is 14.5. The molecule has 100 valence electrons. The molecule has 2 heterocycles. The number of nitrogens with zero attached hydrogens (tertiary/aromatic N) is 4. The van der Waals surface area contributed by atoms with Gasteiger partial charge in [-0.2, -0.15) is 10.1 Å². The summed E-state index contributed by atoms with van der Waals surface area (Å²) in [6.07, 6.45) is 3.15. The Morgan fingerprint density at radius 2 is 2.32 bits per heavy atom. The van der Waals surface area contributed by atoms with Gasteiger partial charge in [0.1, 0.15) is 5.82 Å². The topological polar surface area (TPSA) is 95.1 Å². The second-order valence-electron chi connectivity index (χ2n) is 3.79. The summed E-state index contributed by atoms with van der Waals surface area (Å²) in [5, 5.41) is 17.7. The number of nitrogens with one attached hydrogen (secondary N) is 1. The molecule has 1 N–H and O–H groups in total. The highest BCUT2D eigenvalue weighted by Crippen LogP contribution is 2.25. The summed E-state index contributed by atoms with van der Waals surface area (Å²) in [6.45, 7) is 2.49. The van der Waals surface area contributed by atoms with Gasteiger partial charge in [-0.15, -0.1) is 0 Å². The third kappa shape index (κ3) is 3.18. The van der Waals surface area contributed by atoms with Crippen LogP contribution in [0.25, 0.3) is 0 Å². The molecule has 2 aromatic heterocycles. The molecule has 19 heavy (non-hydrogen) atoms. The van der Waals surface area contributed by atoms with Crippen LogP contribution in [-0.2, 0) is 7.05 Å². The van der Waals surface area contributed by atoms with Gasteiger partial charge in [0, 0.05) is 13.6 Å². The van der Waals surface area contributed by atoms with Crippen molar-refractivity contribution in [2.75, 3.05) is 11.9 Å². The molecule has 0 aromatic carbocycles. The number of hydrogen-bond donors (Lipinski definition) is 1. The largest absolute Gasteiger partial charge is 0.435 e. The van der Waals surface area contributed by atoms with Gasteiger partial charge in [-0.25, -0.2) is 0 Å². The van der Waals surface area contributed by atoms with Crippen molar-refractivity contribution in [3.8, 4) is 11.6 Å². The minimum Gasteiger partial charge on any atom is -0.435 e. The van der Waals surface area contributed by atoms with Gasteiger partial charge in [-0.3, -0.25) is 14.8 Å². The first-order chi connectivity index (χ1) is 9.08. The Bertz CT molecular complexity index is 596. The highest BCUT2D eigenvalue weighted by atomic mass is 16.6. The Morgan fingerprint density at radius 1 is 1.53 bits per heavy atom. The molecule has 8 nitrogen and oxygen atoms in total. The first-order valence-corrected chi connectivity index (χ1v) is 5.65. The van der Waals surface area contributed by atoms with E-state index in [0.717, 1.165) is 0 Å². The standard InChI is InChI=1S/C11H13N5O3/c1-3-12-10-4-8(16(17)18)5-11(14-10)19-9-6-13-15(2)7-9/h4-7H,3H2,1-2H3,(H,12,14). The molecule has 0 fully saturated rings. The molecule has 2 rings (SSSR count). The van der Waals surface area contributed by atoms with Crippen LogP contribution in [0.2, 0.25) is 0 Å². The summed E-state index contributed by atoms with van der Waals surface area (Å²) in [7, 11) is 1.75. The lowest BCUT2D eigenvalue weighted by atomic mass is 10.4. The maximum atomic E-state index is 10.8. The maximum Gasteiger partial charge on any atom is 0.278 e. The summed E-state index contributed by atoms with van der Waals surface area (Å²) >= 11 is 0. The van der Waals surface area contributed by atoms with Crippen molar-refractivity contribution < 1.29 is 9.66 Å². The quantitative estimate of drug-likeness (QED) is 0.654. The van der Waals surface area contributed by atoms with Crippen LogP contribution in [0.5, 0.6) is 11.6 Å². The van der Waals surface area contributed by atoms with E-state index in [1.807, 2.05) is 6.92 Å². The Hall–Kier alpha value is -2.64. The third-order valence-electron chi connectivity index (χ3n) is 2.26. The molecule has 0 saturated carbocycles. The van der Waals surface area contributed by atoms with Crippen molar-refractivity contribution in [1.29, 1.82) is 0 Å². The predicted octanol–water partition coefficient (Wildman–Crippen LogP) is 1.95. The minimum absolute atomic E-state index is 0.0789. The Kier molecular flexibility index (Phi) is 3.60. The highest BCUT2D eigenvalue weighted by Gasteiger charge is 2.12. The number of aryl methyl sites for hydroxylation is 1. The first kappa shape index (κ1) is 12.8. The molecular weight excluding hydrogens is 250 g/mol. The molecule has 0 atom stereocenters. The molecule has 8 heteroatoms. The lowest BCUT2D eigenvalue weighted by Gasteiger charge is -2.06. The molecule has 0 aliphatic rings. The van der Waals surface area contributed by atoms with Gasteiger partial charge in [-0.1, -0.05) is 0 Å². The normalized spacial score (nSPS) is 10.2. The molecule has 0 saturated heterocycles. The smallest absolute Gasteiger partial charge is 0.278 e. The number of nitro groups is 1. The van der Waals surface area contributed by atoms with Crippen LogP contribution in [0.3, 0.4) is 0 Å². The van der Waals surface area contributed by atoms with E-state index in [2.05, 4.69) is 15.4 Å². The Labute approximate surface area is 109 Å². The molecular formula is C11H13N5O3. The molecule has 0 spiro atoms. The number of rotatable bonds is 5. The van der Waals surface area contributed by atoms with Gasteiger partial charge in [0.05, 0.1) is 29.4 Å². The zero-order valence-corrected chi connectivity index (χ0v) is 10.5. The average Bonchev–Trinajstić information content (AvgIpc) is 2.75. The zero-order valence-electron chi connectivity index (χ0n) is 10.5. The first-order valence-electron chi connectivity index (χ1n) is 5.65. The second kappa shape index (κ2) is 5.34.